The van der Waals surface area contributed by atoms with E-state index in [2.05, 4.69) is 25.7 Å². The van der Waals surface area contributed by atoms with Gasteiger partial charge in [-0.15, -0.1) is 0 Å². The normalized spacial score (nSPS) is 12.0. The van der Waals surface area contributed by atoms with E-state index in [1.54, 1.807) is 0 Å². The van der Waals surface area contributed by atoms with Crippen LogP contribution in [0.15, 0.2) is 0 Å². The topological polar surface area (TPSA) is 29.5 Å². The first kappa shape index (κ1) is 12.9. The zero-order chi connectivity index (χ0) is 10.2. The molecule has 2 nitrogen and oxygen atoms in total. The van der Waals surface area contributed by atoms with E-state index >= 15 is 0 Å². The lowest BCUT2D eigenvalue weighted by Crippen LogP contribution is -2.03. The predicted octanol–water partition coefficient (Wildman–Crippen LogP) is 3.86. The van der Waals surface area contributed by atoms with Gasteiger partial charge in [0.2, 0.25) is 0 Å². The average Bonchev–Trinajstić information content (AvgIpc) is 2.01. The average molecular weight is 188 g/mol. The molecule has 0 rings (SSSR count). The molecule has 0 unspecified atom stereocenters. The molecule has 0 atom stereocenters. The van der Waals surface area contributed by atoms with Gasteiger partial charge in [-0.1, -0.05) is 46.5 Å². The minimum Gasteiger partial charge on any atom is -0.252 e. The van der Waals surface area contributed by atoms with Crippen molar-refractivity contribution in [2.24, 2.45) is 5.41 Å². The van der Waals surface area contributed by atoms with Gasteiger partial charge >= 0.3 is 0 Å². The van der Waals surface area contributed by atoms with Crippen LogP contribution in [0.25, 0.3) is 0 Å². The molecular formula is C11H24O2. The number of hydrogen-bond acceptors (Lipinski definition) is 2. The Bertz CT molecular complexity index is 105. The second-order valence-corrected chi connectivity index (χ2v) is 4.91. The van der Waals surface area contributed by atoms with E-state index in [-0.39, 0.29) is 0 Å². The van der Waals surface area contributed by atoms with Crippen molar-refractivity contribution in [3.05, 3.63) is 0 Å². The SMILES string of the molecule is CC(C)(C)CCCCCCCOO. The summed E-state index contributed by atoms with van der Waals surface area (Å²) in [5, 5.41) is 8.08. The van der Waals surface area contributed by atoms with Crippen molar-refractivity contribution in [3.63, 3.8) is 0 Å². The van der Waals surface area contributed by atoms with Crippen LogP contribution < -0.4 is 0 Å². The summed E-state index contributed by atoms with van der Waals surface area (Å²) in [5.41, 5.74) is 0.480. The van der Waals surface area contributed by atoms with Gasteiger partial charge < -0.3 is 0 Å². The van der Waals surface area contributed by atoms with Crippen molar-refractivity contribution >= 4 is 0 Å². The maximum atomic E-state index is 8.08. The highest BCUT2D eigenvalue weighted by Crippen LogP contribution is 2.22. The van der Waals surface area contributed by atoms with Crippen molar-refractivity contribution in [3.8, 4) is 0 Å². The van der Waals surface area contributed by atoms with Crippen LogP contribution in [0.2, 0.25) is 0 Å². The Morgan fingerprint density at radius 2 is 1.46 bits per heavy atom. The van der Waals surface area contributed by atoms with Crippen LogP contribution in [0.5, 0.6) is 0 Å². The summed E-state index contributed by atoms with van der Waals surface area (Å²) in [6, 6.07) is 0. The molecule has 0 saturated carbocycles. The van der Waals surface area contributed by atoms with Gasteiger partial charge in [-0.25, -0.2) is 4.89 Å². The summed E-state index contributed by atoms with van der Waals surface area (Å²) in [7, 11) is 0. The van der Waals surface area contributed by atoms with E-state index in [4.69, 9.17) is 5.26 Å². The maximum Gasteiger partial charge on any atom is 0.0819 e. The van der Waals surface area contributed by atoms with Crippen molar-refractivity contribution in [1.29, 1.82) is 0 Å². The standard InChI is InChI=1S/C11H24O2/c1-11(2,3)9-7-5-4-6-8-10-13-12/h12H,4-10H2,1-3H3. The van der Waals surface area contributed by atoms with Crippen molar-refractivity contribution < 1.29 is 10.1 Å². The fourth-order valence-corrected chi connectivity index (χ4v) is 1.35. The molecule has 0 heterocycles. The molecule has 13 heavy (non-hydrogen) atoms. The molecule has 0 fully saturated rings. The smallest absolute Gasteiger partial charge is 0.0819 e. The van der Waals surface area contributed by atoms with Gasteiger partial charge in [0, 0.05) is 0 Å². The number of rotatable bonds is 7. The molecular weight excluding hydrogens is 164 g/mol. The molecule has 0 bridgehead atoms. The molecule has 80 valence electrons. The molecule has 0 saturated heterocycles. The summed E-state index contributed by atoms with van der Waals surface area (Å²) in [6.07, 6.45) is 7.35. The van der Waals surface area contributed by atoms with E-state index in [0.29, 0.717) is 12.0 Å². The van der Waals surface area contributed by atoms with Crippen LogP contribution in [0.4, 0.5) is 0 Å². The zero-order valence-corrected chi connectivity index (χ0v) is 9.31. The Kier molecular flexibility index (Phi) is 7.29. The molecule has 0 aromatic rings. The van der Waals surface area contributed by atoms with Gasteiger partial charge in [-0.05, 0) is 18.3 Å². The monoisotopic (exact) mass is 188 g/mol. The highest BCUT2D eigenvalue weighted by Gasteiger charge is 2.08. The summed E-state index contributed by atoms with van der Waals surface area (Å²) < 4.78 is 0. The van der Waals surface area contributed by atoms with E-state index in [1.807, 2.05) is 0 Å². The summed E-state index contributed by atoms with van der Waals surface area (Å²) in [4.78, 5) is 4.00. The highest BCUT2D eigenvalue weighted by molar-refractivity contribution is 4.60. The van der Waals surface area contributed by atoms with Crippen LogP contribution in [0.1, 0.15) is 59.3 Å². The van der Waals surface area contributed by atoms with Crippen molar-refractivity contribution in [1.82, 2.24) is 0 Å². The van der Waals surface area contributed by atoms with Gasteiger partial charge in [0.15, 0.2) is 0 Å². The lowest BCUT2D eigenvalue weighted by molar-refractivity contribution is -0.242. The minimum absolute atomic E-state index is 0.480. The van der Waals surface area contributed by atoms with Crippen molar-refractivity contribution in [2.75, 3.05) is 6.61 Å². The lowest BCUT2D eigenvalue weighted by Gasteiger charge is -2.17. The maximum absolute atomic E-state index is 8.08. The first-order valence-electron chi connectivity index (χ1n) is 5.32. The molecule has 0 aromatic heterocycles. The molecule has 2 heteroatoms. The van der Waals surface area contributed by atoms with E-state index in [0.717, 1.165) is 6.42 Å². The molecule has 0 amide bonds. The lowest BCUT2D eigenvalue weighted by atomic mass is 9.89. The molecule has 0 aliphatic rings. The van der Waals surface area contributed by atoms with Crippen LogP contribution in [0, 0.1) is 5.41 Å². The molecule has 0 aliphatic heterocycles. The first-order valence-corrected chi connectivity index (χ1v) is 5.32. The van der Waals surface area contributed by atoms with Crippen molar-refractivity contribution in [2.45, 2.75) is 59.3 Å². The molecule has 0 aliphatic carbocycles. The fraction of sp³-hybridized carbons (Fsp3) is 1.00. The predicted molar refractivity (Wildman–Crippen MR) is 55.7 cm³/mol. The summed E-state index contributed by atoms with van der Waals surface area (Å²) in [5.74, 6) is 0. The van der Waals surface area contributed by atoms with E-state index in [1.165, 1.54) is 32.1 Å². The Morgan fingerprint density at radius 3 is 2.00 bits per heavy atom. The van der Waals surface area contributed by atoms with Crippen LogP contribution >= 0.6 is 0 Å². The molecule has 0 aromatic carbocycles. The van der Waals surface area contributed by atoms with E-state index in [9.17, 15) is 0 Å². The zero-order valence-electron chi connectivity index (χ0n) is 9.31. The minimum atomic E-state index is 0.480. The van der Waals surface area contributed by atoms with E-state index < -0.39 is 0 Å². The quantitative estimate of drug-likeness (QED) is 0.373. The fourth-order valence-electron chi connectivity index (χ4n) is 1.35. The third-order valence-electron chi connectivity index (χ3n) is 2.16. The molecule has 0 spiro atoms. The Balaban J connectivity index is 3.00. The second-order valence-electron chi connectivity index (χ2n) is 4.91. The van der Waals surface area contributed by atoms with Crippen LogP contribution in [0.3, 0.4) is 0 Å². The summed E-state index contributed by atoms with van der Waals surface area (Å²) >= 11 is 0. The first-order chi connectivity index (χ1) is 6.06. The third kappa shape index (κ3) is 11.9. The van der Waals surface area contributed by atoms with Crippen LogP contribution in [-0.2, 0) is 4.89 Å². The summed E-state index contributed by atoms with van der Waals surface area (Å²) in [6.45, 7) is 7.34. The highest BCUT2D eigenvalue weighted by atomic mass is 17.1. The Labute approximate surface area is 82.2 Å². The van der Waals surface area contributed by atoms with Gasteiger partial charge in [-0.2, -0.15) is 0 Å². The van der Waals surface area contributed by atoms with Gasteiger partial charge in [-0.3, -0.25) is 5.26 Å². The number of hydrogen-bond donors (Lipinski definition) is 1. The largest absolute Gasteiger partial charge is 0.252 e. The molecule has 0 radical (unpaired) electrons. The third-order valence-corrected chi connectivity index (χ3v) is 2.16. The van der Waals surface area contributed by atoms with Gasteiger partial charge in [0.05, 0.1) is 6.61 Å². The van der Waals surface area contributed by atoms with Gasteiger partial charge in [0.1, 0.15) is 0 Å². The Hall–Kier alpha value is -0.0800. The Morgan fingerprint density at radius 1 is 0.923 bits per heavy atom. The van der Waals surface area contributed by atoms with Crippen LogP contribution in [-0.4, -0.2) is 11.9 Å². The van der Waals surface area contributed by atoms with Gasteiger partial charge in [0.25, 0.3) is 0 Å². The number of unbranched alkanes of at least 4 members (excludes halogenated alkanes) is 4. The second kappa shape index (κ2) is 7.34. The molecule has 1 N–H and O–H groups in total.